The summed E-state index contributed by atoms with van der Waals surface area (Å²) >= 11 is 0. The Morgan fingerprint density at radius 3 is 2.68 bits per heavy atom. The van der Waals surface area contributed by atoms with E-state index in [2.05, 4.69) is 4.98 Å². The molecule has 0 amide bonds. The monoisotopic (exact) mass is 310 g/mol. The van der Waals surface area contributed by atoms with Gasteiger partial charge in [0.1, 0.15) is 12.3 Å². The average molecular weight is 310 g/mol. The van der Waals surface area contributed by atoms with Gasteiger partial charge in [0.15, 0.2) is 0 Å². The summed E-state index contributed by atoms with van der Waals surface area (Å²) in [7, 11) is 0. The highest BCUT2D eigenvalue weighted by molar-refractivity contribution is 5.47. The maximum atomic E-state index is 11.9. The molecule has 1 fully saturated rings. The normalized spacial score (nSPS) is 26.0. The Labute approximate surface area is 127 Å². The minimum absolute atomic E-state index is 0.102. The van der Waals surface area contributed by atoms with Crippen LogP contribution >= 0.6 is 0 Å². The van der Waals surface area contributed by atoms with Crippen LogP contribution in [0, 0.1) is 5.41 Å². The maximum absolute atomic E-state index is 11.9. The molecular weight excluding hydrogens is 288 g/mol. The highest BCUT2D eigenvalue weighted by Crippen LogP contribution is 2.27. The Morgan fingerprint density at radius 2 is 2.14 bits per heavy atom. The van der Waals surface area contributed by atoms with Gasteiger partial charge in [0.05, 0.1) is 18.3 Å². The maximum Gasteiger partial charge on any atom is 0.330 e. The molecule has 1 saturated heterocycles. The predicted octanol–water partition coefficient (Wildman–Crippen LogP) is 0.237. The van der Waals surface area contributed by atoms with E-state index in [0.29, 0.717) is 5.56 Å². The van der Waals surface area contributed by atoms with Crippen molar-refractivity contribution in [3.8, 4) is 0 Å². The number of nitrogens with zero attached hydrogens (tertiary/aromatic N) is 1. The molecule has 2 heterocycles. The number of nitrogens with one attached hydrogen (secondary N) is 1. The molecule has 0 spiro atoms. The summed E-state index contributed by atoms with van der Waals surface area (Å²) in [6, 6.07) is 0. The molecule has 1 aromatic heterocycles. The minimum atomic E-state index is -0.845. The molecule has 0 bridgehead atoms. The molecule has 1 aliphatic heterocycles. The zero-order valence-electron chi connectivity index (χ0n) is 12.9. The van der Waals surface area contributed by atoms with Crippen LogP contribution in [0.3, 0.4) is 0 Å². The lowest BCUT2D eigenvalue weighted by Gasteiger charge is -2.15. The second kappa shape index (κ2) is 6.20. The van der Waals surface area contributed by atoms with Crippen molar-refractivity contribution >= 4 is 6.08 Å². The molecule has 0 saturated carbocycles. The molecule has 22 heavy (non-hydrogen) atoms. The van der Waals surface area contributed by atoms with E-state index >= 15 is 0 Å². The van der Waals surface area contributed by atoms with E-state index < -0.39 is 29.7 Å². The first-order chi connectivity index (χ1) is 10.2. The lowest BCUT2D eigenvalue weighted by atomic mass is 9.96. The van der Waals surface area contributed by atoms with Gasteiger partial charge >= 0.3 is 5.69 Å². The fourth-order valence-corrected chi connectivity index (χ4v) is 2.22. The SMILES string of the molecule is CC(C)(C)/C=C/c1cn([C@H]2C[C@@H](O)[C@@H](CO)O2)c(=O)[nH]c1=O. The first-order valence-electron chi connectivity index (χ1n) is 7.20. The van der Waals surface area contributed by atoms with E-state index in [1.807, 2.05) is 26.8 Å². The summed E-state index contributed by atoms with van der Waals surface area (Å²) in [6.07, 6.45) is 2.84. The molecule has 0 unspecified atom stereocenters. The van der Waals surface area contributed by atoms with Gasteiger partial charge < -0.3 is 14.9 Å². The van der Waals surface area contributed by atoms with E-state index in [-0.39, 0.29) is 18.4 Å². The minimum Gasteiger partial charge on any atom is -0.394 e. The van der Waals surface area contributed by atoms with Crippen LogP contribution in [-0.2, 0) is 4.74 Å². The zero-order chi connectivity index (χ0) is 16.5. The number of rotatable bonds is 3. The quantitative estimate of drug-likeness (QED) is 0.741. The van der Waals surface area contributed by atoms with Crippen LogP contribution < -0.4 is 11.2 Å². The number of allylic oxidation sites excluding steroid dienone is 1. The summed E-state index contributed by atoms with van der Waals surface area (Å²) < 4.78 is 6.69. The molecule has 3 N–H and O–H groups in total. The highest BCUT2D eigenvalue weighted by atomic mass is 16.5. The van der Waals surface area contributed by atoms with Gasteiger partial charge in [0.2, 0.25) is 0 Å². The highest BCUT2D eigenvalue weighted by Gasteiger charge is 2.35. The van der Waals surface area contributed by atoms with Gasteiger partial charge in [-0.2, -0.15) is 0 Å². The molecule has 2 rings (SSSR count). The smallest absolute Gasteiger partial charge is 0.330 e. The van der Waals surface area contributed by atoms with Crippen LogP contribution in [0.15, 0.2) is 21.9 Å². The van der Waals surface area contributed by atoms with Crippen molar-refractivity contribution < 1.29 is 14.9 Å². The number of aromatic nitrogens is 2. The van der Waals surface area contributed by atoms with Crippen molar-refractivity contribution in [2.75, 3.05) is 6.61 Å². The van der Waals surface area contributed by atoms with Gasteiger partial charge in [-0.05, 0) is 5.41 Å². The third-order valence-electron chi connectivity index (χ3n) is 3.45. The zero-order valence-corrected chi connectivity index (χ0v) is 12.9. The van der Waals surface area contributed by atoms with Crippen LogP contribution in [0.1, 0.15) is 39.0 Å². The van der Waals surface area contributed by atoms with Gasteiger partial charge in [-0.25, -0.2) is 4.79 Å². The van der Waals surface area contributed by atoms with E-state index in [1.54, 1.807) is 6.08 Å². The number of H-pyrrole nitrogens is 1. The van der Waals surface area contributed by atoms with E-state index in [1.165, 1.54) is 10.8 Å². The number of aliphatic hydroxyl groups excluding tert-OH is 2. The van der Waals surface area contributed by atoms with Crippen LogP contribution in [0.25, 0.3) is 6.08 Å². The summed E-state index contributed by atoms with van der Waals surface area (Å²) in [5, 5.41) is 18.9. The van der Waals surface area contributed by atoms with Crippen LogP contribution in [-0.4, -0.2) is 38.6 Å². The van der Waals surface area contributed by atoms with Gasteiger partial charge in [-0.1, -0.05) is 32.9 Å². The fraction of sp³-hybridized carbons (Fsp3) is 0.600. The Kier molecular flexibility index (Phi) is 4.69. The molecule has 122 valence electrons. The number of ether oxygens (including phenoxy) is 1. The molecule has 0 aromatic carbocycles. The third kappa shape index (κ3) is 3.73. The lowest BCUT2D eigenvalue weighted by molar-refractivity contribution is -0.0459. The molecule has 1 aliphatic rings. The fourth-order valence-electron chi connectivity index (χ4n) is 2.22. The van der Waals surface area contributed by atoms with Crippen molar-refractivity contribution in [3.63, 3.8) is 0 Å². The van der Waals surface area contributed by atoms with Gasteiger partial charge in [0.25, 0.3) is 5.56 Å². The molecule has 7 nitrogen and oxygen atoms in total. The van der Waals surface area contributed by atoms with E-state index in [9.17, 15) is 14.7 Å². The van der Waals surface area contributed by atoms with Crippen molar-refractivity contribution in [2.24, 2.45) is 5.41 Å². The third-order valence-corrected chi connectivity index (χ3v) is 3.45. The molecule has 1 aromatic rings. The van der Waals surface area contributed by atoms with Crippen molar-refractivity contribution in [3.05, 3.63) is 38.7 Å². The summed E-state index contributed by atoms with van der Waals surface area (Å²) in [6.45, 7) is 5.66. The molecule has 3 atom stereocenters. The van der Waals surface area contributed by atoms with Gasteiger partial charge in [-0.3, -0.25) is 14.3 Å². The number of aromatic amines is 1. The van der Waals surface area contributed by atoms with Crippen molar-refractivity contribution in [2.45, 2.75) is 45.6 Å². The lowest BCUT2D eigenvalue weighted by Crippen LogP contribution is -2.33. The van der Waals surface area contributed by atoms with E-state index in [4.69, 9.17) is 9.84 Å². The number of hydrogen-bond donors (Lipinski definition) is 3. The molecule has 0 aliphatic carbocycles. The Bertz CT molecular complexity index is 668. The first kappa shape index (κ1) is 16.7. The number of hydrogen-bond acceptors (Lipinski definition) is 5. The molecule has 0 radical (unpaired) electrons. The van der Waals surface area contributed by atoms with Crippen molar-refractivity contribution in [1.29, 1.82) is 0 Å². The summed E-state index contributed by atoms with van der Waals surface area (Å²) in [4.78, 5) is 26.0. The topological polar surface area (TPSA) is 105 Å². The molecule has 7 heteroatoms. The Balaban J connectivity index is 2.36. The predicted molar refractivity (Wildman–Crippen MR) is 81.4 cm³/mol. The van der Waals surface area contributed by atoms with Gasteiger partial charge in [-0.15, -0.1) is 0 Å². The van der Waals surface area contributed by atoms with Crippen LogP contribution in [0.4, 0.5) is 0 Å². The second-order valence-corrected chi connectivity index (χ2v) is 6.57. The summed E-state index contributed by atoms with van der Waals surface area (Å²) in [5.74, 6) is 0. The Hall–Kier alpha value is -1.70. The Morgan fingerprint density at radius 1 is 1.45 bits per heavy atom. The average Bonchev–Trinajstić information content (AvgIpc) is 2.77. The second-order valence-electron chi connectivity index (χ2n) is 6.57. The van der Waals surface area contributed by atoms with E-state index in [0.717, 1.165) is 0 Å². The standard InChI is InChI=1S/C15H22N2O5/c1-15(2,3)5-4-9-7-17(14(21)16-13(9)20)12-6-10(19)11(8-18)22-12/h4-5,7,10-12,18-19H,6,8H2,1-3H3,(H,16,20,21)/b5-4+/t10-,11-,12-/m1/s1. The van der Waals surface area contributed by atoms with Crippen LogP contribution in [0.5, 0.6) is 0 Å². The van der Waals surface area contributed by atoms with Gasteiger partial charge in [0, 0.05) is 12.6 Å². The van der Waals surface area contributed by atoms with Crippen LogP contribution in [0.2, 0.25) is 0 Å². The summed E-state index contributed by atoms with van der Waals surface area (Å²) in [5.41, 5.74) is -0.845. The molecular formula is C15H22N2O5. The first-order valence-corrected chi connectivity index (χ1v) is 7.20. The number of aliphatic hydroxyl groups is 2. The largest absolute Gasteiger partial charge is 0.394 e. The van der Waals surface area contributed by atoms with Crippen molar-refractivity contribution in [1.82, 2.24) is 9.55 Å².